The maximum Gasteiger partial charge on any atom is 1.00 e. The van der Waals surface area contributed by atoms with Gasteiger partial charge in [0, 0.05) is 11.4 Å². The molecular weight excluding hydrogens is 170 g/mol. The Bertz CT molecular complexity index is 121. The predicted molar refractivity (Wildman–Crippen MR) is 36.6 cm³/mol. The van der Waals surface area contributed by atoms with E-state index in [0.717, 1.165) is 0 Å². The Hall–Kier alpha value is 0.900. The average molecular weight is 178 g/mol. The van der Waals surface area contributed by atoms with Crippen molar-refractivity contribution < 1.29 is 64.6 Å². The van der Waals surface area contributed by atoms with Crippen LogP contribution < -0.4 is 59.1 Å². The fourth-order valence-electron chi connectivity index (χ4n) is 0.132. The molecule has 0 spiro atoms. The Morgan fingerprint density at radius 1 is 0.909 bits per heavy atom. The van der Waals surface area contributed by atoms with E-state index >= 15 is 0 Å². The normalized spacial score (nSPS) is 10.4. The zero-order valence-electron chi connectivity index (χ0n) is 7.21. The zero-order valence-corrected chi connectivity index (χ0v) is 11.2. The van der Waals surface area contributed by atoms with Crippen LogP contribution in [0.5, 0.6) is 0 Å². The number of nitrogens with zero attached hydrogens (tertiary/aromatic N) is 2. The van der Waals surface area contributed by atoms with Gasteiger partial charge in [-0.05, 0) is 13.8 Å². The summed E-state index contributed by atoms with van der Waals surface area (Å²) in [7, 11) is 0. The van der Waals surface area contributed by atoms with E-state index in [2.05, 4.69) is 10.3 Å². The predicted octanol–water partition coefficient (Wildman–Crippen LogP) is -5.91. The molecule has 0 aliphatic carbocycles. The Morgan fingerprint density at radius 3 is 1.18 bits per heavy atom. The Labute approximate surface area is 109 Å². The smallest absolute Gasteiger partial charge is 0.792 e. The van der Waals surface area contributed by atoms with Gasteiger partial charge in [0.15, 0.2) is 0 Å². The van der Waals surface area contributed by atoms with E-state index in [-0.39, 0.29) is 76.0 Å². The first kappa shape index (κ1) is 22.7. The number of hydrogen-bond donors (Lipinski definition) is 0. The van der Waals surface area contributed by atoms with Gasteiger partial charge in [0.1, 0.15) is 0 Å². The van der Waals surface area contributed by atoms with Crippen molar-refractivity contribution in [1.29, 1.82) is 0 Å². The molecule has 54 valence electrons. The Kier molecular flexibility index (Phi) is 27.8. The van der Waals surface area contributed by atoms with E-state index in [1.165, 1.54) is 13.8 Å². The van der Waals surface area contributed by atoms with Crippen LogP contribution in [0.1, 0.15) is 13.8 Å². The summed E-state index contributed by atoms with van der Waals surface area (Å²) in [6, 6.07) is 0. The second-order valence-corrected chi connectivity index (χ2v) is 1.35. The molecule has 0 amide bonds. The molecule has 0 atom stereocenters. The van der Waals surface area contributed by atoms with Gasteiger partial charge in [-0.25, -0.2) is 0 Å². The minimum Gasteiger partial charge on any atom is -0.792 e. The van der Waals surface area contributed by atoms with E-state index < -0.39 is 0 Å². The van der Waals surface area contributed by atoms with Gasteiger partial charge in [0.25, 0.3) is 0 Å². The maximum atomic E-state index is 9.60. The molecule has 0 unspecified atom stereocenters. The van der Waals surface area contributed by atoms with Crippen LogP contribution in [0.25, 0.3) is 0 Å². The first-order chi connectivity index (χ1) is 3.72. The van der Waals surface area contributed by atoms with E-state index in [9.17, 15) is 10.4 Å². The molecule has 7 heteroatoms. The minimum atomic E-state index is 0. The van der Waals surface area contributed by atoms with Gasteiger partial charge in [-0.3, -0.25) is 0 Å². The molecule has 0 aliphatic heterocycles. The standard InChI is InChI=1S/C4H8N2O2.2Na.H2O/c1-3(5-7)4(2)6-8;;;/h7-8H,1-2H3;;;1H2/q;2*+1;/p-2/b5-3-,6-4+;;;. The molecule has 0 bridgehead atoms. The van der Waals surface area contributed by atoms with Crippen molar-refractivity contribution in [3.63, 3.8) is 0 Å². The van der Waals surface area contributed by atoms with E-state index in [1.807, 2.05) is 0 Å². The molecule has 11 heavy (non-hydrogen) atoms. The molecule has 5 nitrogen and oxygen atoms in total. The summed E-state index contributed by atoms with van der Waals surface area (Å²) in [5.74, 6) is 0. The summed E-state index contributed by atoms with van der Waals surface area (Å²) >= 11 is 0. The third-order valence-electron chi connectivity index (χ3n) is 0.797. The Morgan fingerprint density at radius 2 is 1.09 bits per heavy atom. The second kappa shape index (κ2) is 13.5. The van der Waals surface area contributed by atoms with Crippen LogP contribution in [0.15, 0.2) is 10.3 Å². The van der Waals surface area contributed by atoms with E-state index in [0.29, 0.717) is 0 Å². The van der Waals surface area contributed by atoms with Crippen LogP contribution in [0.4, 0.5) is 0 Å². The molecule has 0 radical (unpaired) electrons. The molecule has 0 heterocycles. The van der Waals surface area contributed by atoms with Crippen molar-refractivity contribution in [3.8, 4) is 0 Å². The fraction of sp³-hybridized carbons (Fsp3) is 0.500. The van der Waals surface area contributed by atoms with Crippen molar-refractivity contribution in [2.24, 2.45) is 10.3 Å². The molecule has 0 aromatic rings. The molecule has 0 fully saturated rings. The summed E-state index contributed by atoms with van der Waals surface area (Å²) in [6.07, 6.45) is 0. The molecule has 0 saturated heterocycles. The topological polar surface area (TPSA) is 102 Å². The average Bonchev–Trinajstić information content (AvgIpc) is 1.84. The molecule has 0 rings (SSSR count). The molecule has 0 aromatic carbocycles. The van der Waals surface area contributed by atoms with Crippen molar-refractivity contribution in [2.45, 2.75) is 13.8 Å². The summed E-state index contributed by atoms with van der Waals surface area (Å²) in [4.78, 5) is 0. The summed E-state index contributed by atoms with van der Waals surface area (Å²) < 4.78 is 0. The van der Waals surface area contributed by atoms with Gasteiger partial charge in [-0.2, -0.15) is 0 Å². The molecular formula is C4H8N2Na2O3. The Balaban J connectivity index is -0.0000000817. The van der Waals surface area contributed by atoms with Crippen LogP contribution in [0.2, 0.25) is 0 Å². The van der Waals surface area contributed by atoms with Crippen molar-refractivity contribution in [1.82, 2.24) is 0 Å². The van der Waals surface area contributed by atoms with Crippen molar-refractivity contribution in [3.05, 3.63) is 10.4 Å². The first-order valence-corrected chi connectivity index (χ1v) is 2.06. The van der Waals surface area contributed by atoms with Gasteiger partial charge >= 0.3 is 59.1 Å². The summed E-state index contributed by atoms with van der Waals surface area (Å²) in [5.41, 5.74) is 0.278. The third-order valence-corrected chi connectivity index (χ3v) is 0.797. The van der Waals surface area contributed by atoms with Gasteiger partial charge in [0.05, 0.1) is 0 Å². The third kappa shape index (κ3) is 10.9. The molecule has 2 N–H and O–H groups in total. The molecule has 0 saturated carbocycles. The fourth-order valence-corrected chi connectivity index (χ4v) is 0.132. The quantitative estimate of drug-likeness (QED) is 0.227. The minimum absolute atomic E-state index is 0. The number of rotatable bonds is 1. The zero-order chi connectivity index (χ0) is 6.57. The van der Waals surface area contributed by atoms with Crippen LogP contribution in [0.3, 0.4) is 0 Å². The second-order valence-electron chi connectivity index (χ2n) is 1.35. The maximum absolute atomic E-state index is 9.60. The SMILES string of the molecule is CC(=N/[O-])/C(C)=N/[O-].O.[Na+].[Na+]. The van der Waals surface area contributed by atoms with Crippen molar-refractivity contribution in [2.75, 3.05) is 0 Å². The van der Waals surface area contributed by atoms with E-state index in [4.69, 9.17) is 0 Å². The van der Waals surface area contributed by atoms with E-state index in [1.54, 1.807) is 0 Å². The van der Waals surface area contributed by atoms with Gasteiger partial charge in [-0.1, -0.05) is 0 Å². The van der Waals surface area contributed by atoms with Crippen LogP contribution in [-0.4, -0.2) is 16.9 Å². The van der Waals surface area contributed by atoms with Gasteiger partial charge < -0.3 is 26.2 Å². The van der Waals surface area contributed by atoms with Crippen LogP contribution >= 0.6 is 0 Å². The molecule has 0 aromatic heterocycles. The van der Waals surface area contributed by atoms with Gasteiger partial charge in [-0.15, -0.1) is 0 Å². The van der Waals surface area contributed by atoms with Crippen molar-refractivity contribution >= 4 is 11.4 Å². The summed E-state index contributed by atoms with van der Waals surface area (Å²) in [5, 5.41) is 24.2. The first-order valence-electron chi connectivity index (χ1n) is 2.06. The molecule has 0 aliphatic rings. The largest absolute Gasteiger partial charge is 1.00 e. The monoisotopic (exact) mass is 178 g/mol. The number of hydrogen-bond acceptors (Lipinski definition) is 4. The van der Waals surface area contributed by atoms with Gasteiger partial charge in [0.2, 0.25) is 0 Å². The van der Waals surface area contributed by atoms with Crippen LogP contribution in [-0.2, 0) is 0 Å². The summed E-state index contributed by atoms with van der Waals surface area (Å²) in [6.45, 7) is 2.87. The van der Waals surface area contributed by atoms with Crippen LogP contribution in [0, 0.1) is 10.4 Å².